The lowest BCUT2D eigenvalue weighted by Crippen LogP contribution is -2.48. The summed E-state index contributed by atoms with van der Waals surface area (Å²) in [5.41, 5.74) is -0.220. The summed E-state index contributed by atoms with van der Waals surface area (Å²) in [7, 11) is -4.68. The molecule has 0 bridgehead atoms. The van der Waals surface area contributed by atoms with Crippen molar-refractivity contribution >= 4 is 27.6 Å². The maximum absolute atomic E-state index is 14.2. The zero-order valence-electron chi connectivity index (χ0n) is 23.4. The van der Waals surface area contributed by atoms with Gasteiger partial charge in [-0.3, -0.25) is 13.9 Å². The molecule has 5 rings (SSSR count). The fraction of sp³-hybridized carbons (Fsp3) is 0.188. The molecule has 13 heteroatoms. The summed E-state index contributed by atoms with van der Waals surface area (Å²) in [6.07, 6.45) is -5.09. The van der Waals surface area contributed by atoms with Crippen LogP contribution in [0.25, 0.3) is 11.1 Å². The molecule has 234 valence electrons. The zero-order chi connectivity index (χ0) is 32.4. The third kappa shape index (κ3) is 6.93. The van der Waals surface area contributed by atoms with Crippen LogP contribution in [0.3, 0.4) is 0 Å². The van der Waals surface area contributed by atoms with E-state index in [-0.39, 0.29) is 42.8 Å². The first-order valence-electron chi connectivity index (χ1n) is 13.7. The minimum absolute atomic E-state index is 0.00702. The molecule has 1 aliphatic heterocycles. The Hall–Kier alpha value is -4.91. The van der Waals surface area contributed by atoms with Gasteiger partial charge in [-0.25, -0.2) is 12.8 Å². The number of fused-ring (bicyclic) bond motifs is 1. The fourth-order valence-electron chi connectivity index (χ4n) is 5.11. The summed E-state index contributed by atoms with van der Waals surface area (Å²) in [6.45, 7) is -0.00272. The molecule has 0 aromatic heterocycles. The predicted octanol–water partition coefficient (Wildman–Crippen LogP) is 5.45. The Bertz CT molecular complexity index is 1830. The standard InChI is InChI=1S/C32H26F4N2O6S/c33-23-9-7-21(8-10-23)26-14-13-25(19-27(26)32(34,35)36)45(42,43)38-28-4-2-1-3-22(28)18-29(38)31(41)37-15-16-44-24-11-5-20(6-12-24)17-30(39)40/h1-14,19,29H,15-18H2,(H,37,41)(H,39,40)/t29-/m0/s1. The van der Waals surface area contributed by atoms with Gasteiger partial charge in [0.25, 0.3) is 10.0 Å². The van der Waals surface area contributed by atoms with Crippen LogP contribution in [-0.2, 0) is 38.6 Å². The molecule has 1 aliphatic rings. The smallest absolute Gasteiger partial charge is 0.417 e. The fourth-order valence-corrected chi connectivity index (χ4v) is 6.78. The summed E-state index contributed by atoms with van der Waals surface area (Å²) in [4.78, 5) is 23.5. The summed E-state index contributed by atoms with van der Waals surface area (Å²) >= 11 is 0. The van der Waals surface area contributed by atoms with E-state index in [4.69, 9.17) is 9.84 Å². The lowest BCUT2D eigenvalue weighted by Gasteiger charge is -2.27. The quantitative estimate of drug-likeness (QED) is 0.176. The Morgan fingerprint density at radius 1 is 0.956 bits per heavy atom. The van der Waals surface area contributed by atoms with Gasteiger partial charge in [0.15, 0.2) is 0 Å². The Morgan fingerprint density at radius 2 is 1.64 bits per heavy atom. The molecule has 2 N–H and O–H groups in total. The topological polar surface area (TPSA) is 113 Å². The van der Waals surface area contributed by atoms with Crippen LogP contribution in [0.2, 0.25) is 0 Å². The van der Waals surface area contributed by atoms with Crippen LogP contribution in [0.15, 0.2) is 95.9 Å². The summed E-state index contributed by atoms with van der Waals surface area (Å²) in [5, 5.41) is 11.5. The van der Waals surface area contributed by atoms with Gasteiger partial charge in [-0.15, -0.1) is 0 Å². The number of amides is 1. The van der Waals surface area contributed by atoms with Gasteiger partial charge in [0, 0.05) is 6.42 Å². The molecule has 0 fully saturated rings. The van der Waals surface area contributed by atoms with E-state index in [1.807, 2.05) is 0 Å². The number of nitrogens with one attached hydrogen (secondary N) is 1. The zero-order valence-corrected chi connectivity index (χ0v) is 24.2. The highest BCUT2D eigenvalue weighted by Crippen LogP contribution is 2.41. The highest BCUT2D eigenvalue weighted by molar-refractivity contribution is 7.93. The van der Waals surface area contributed by atoms with Crippen molar-refractivity contribution in [2.24, 2.45) is 0 Å². The number of hydrogen-bond acceptors (Lipinski definition) is 5. The van der Waals surface area contributed by atoms with E-state index >= 15 is 0 Å². The van der Waals surface area contributed by atoms with Gasteiger partial charge in [0.2, 0.25) is 5.91 Å². The number of hydrogen-bond donors (Lipinski definition) is 2. The van der Waals surface area contributed by atoms with Crippen LogP contribution in [-0.4, -0.2) is 44.6 Å². The van der Waals surface area contributed by atoms with Gasteiger partial charge in [-0.2, -0.15) is 13.2 Å². The van der Waals surface area contributed by atoms with Crippen LogP contribution in [0, 0.1) is 5.82 Å². The van der Waals surface area contributed by atoms with Crippen molar-refractivity contribution in [2.75, 3.05) is 17.5 Å². The molecule has 0 spiro atoms. The van der Waals surface area contributed by atoms with Crippen molar-refractivity contribution in [1.82, 2.24) is 5.32 Å². The van der Waals surface area contributed by atoms with Crippen molar-refractivity contribution in [3.05, 3.63) is 114 Å². The van der Waals surface area contributed by atoms with E-state index in [9.17, 15) is 35.6 Å². The maximum atomic E-state index is 14.2. The molecular formula is C32H26F4N2O6S. The van der Waals surface area contributed by atoms with E-state index < -0.39 is 50.4 Å². The second-order valence-electron chi connectivity index (χ2n) is 10.2. The Kier molecular flexibility index (Phi) is 8.82. The number of rotatable bonds is 10. The minimum Gasteiger partial charge on any atom is -0.492 e. The van der Waals surface area contributed by atoms with Crippen molar-refractivity contribution in [3.8, 4) is 16.9 Å². The number of carboxylic acid groups (broad SMARTS) is 1. The number of aliphatic carboxylic acids is 1. The third-order valence-electron chi connectivity index (χ3n) is 7.19. The second kappa shape index (κ2) is 12.6. The molecule has 1 amide bonds. The number of para-hydroxylation sites is 1. The molecular weight excluding hydrogens is 616 g/mol. The van der Waals surface area contributed by atoms with Crippen molar-refractivity contribution in [3.63, 3.8) is 0 Å². The first-order valence-corrected chi connectivity index (χ1v) is 15.1. The number of sulfonamides is 1. The number of halogens is 4. The van der Waals surface area contributed by atoms with E-state index in [0.29, 0.717) is 22.9 Å². The number of nitrogens with zero attached hydrogens (tertiary/aromatic N) is 1. The highest BCUT2D eigenvalue weighted by atomic mass is 32.2. The van der Waals surface area contributed by atoms with Gasteiger partial charge in [-0.1, -0.05) is 48.5 Å². The van der Waals surface area contributed by atoms with Crippen LogP contribution in [0.4, 0.5) is 23.2 Å². The van der Waals surface area contributed by atoms with E-state index in [2.05, 4.69) is 5.32 Å². The normalized spacial score (nSPS) is 14.6. The maximum Gasteiger partial charge on any atom is 0.417 e. The molecule has 1 atom stereocenters. The Morgan fingerprint density at radius 3 is 2.31 bits per heavy atom. The third-order valence-corrected chi connectivity index (χ3v) is 9.00. The van der Waals surface area contributed by atoms with Gasteiger partial charge in [0.05, 0.1) is 29.1 Å². The molecule has 0 saturated carbocycles. The molecule has 0 radical (unpaired) electrons. The first kappa shape index (κ1) is 31.5. The lowest BCUT2D eigenvalue weighted by molar-refractivity contribution is -0.137. The molecule has 45 heavy (non-hydrogen) atoms. The number of carbonyl (C=O) groups excluding carboxylic acids is 1. The van der Waals surface area contributed by atoms with Crippen LogP contribution in [0.1, 0.15) is 16.7 Å². The summed E-state index contributed by atoms with van der Waals surface area (Å²) in [5.74, 6) is -1.85. The second-order valence-corrected chi connectivity index (χ2v) is 12.0. The number of carboxylic acids is 1. The molecule has 0 unspecified atom stereocenters. The van der Waals surface area contributed by atoms with E-state index in [1.54, 1.807) is 42.5 Å². The Balaban J connectivity index is 1.37. The van der Waals surface area contributed by atoms with E-state index in [0.717, 1.165) is 28.6 Å². The molecule has 0 saturated heterocycles. The molecule has 4 aromatic rings. The summed E-state index contributed by atoms with van der Waals surface area (Å²) < 4.78 is 90.3. The molecule has 1 heterocycles. The molecule has 0 aliphatic carbocycles. The SMILES string of the molecule is O=C(O)Cc1ccc(OCCNC(=O)[C@@H]2Cc3ccccc3N2S(=O)(=O)c2ccc(-c3ccc(F)cc3)c(C(F)(F)F)c2)cc1. The van der Waals surface area contributed by atoms with Crippen molar-refractivity contribution < 1.29 is 45.4 Å². The molecule has 8 nitrogen and oxygen atoms in total. The lowest BCUT2D eigenvalue weighted by atomic mass is 9.99. The minimum atomic E-state index is -4.94. The van der Waals surface area contributed by atoms with Gasteiger partial charge in [0.1, 0.15) is 24.2 Å². The van der Waals surface area contributed by atoms with E-state index in [1.165, 1.54) is 18.2 Å². The molecule has 4 aromatic carbocycles. The largest absolute Gasteiger partial charge is 0.492 e. The van der Waals surface area contributed by atoms with Gasteiger partial charge >= 0.3 is 12.1 Å². The average Bonchev–Trinajstić information content (AvgIpc) is 3.40. The average molecular weight is 643 g/mol. The number of benzene rings is 4. The monoisotopic (exact) mass is 642 g/mol. The predicted molar refractivity (Wildman–Crippen MR) is 157 cm³/mol. The number of alkyl halides is 3. The number of ether oxygens (including phenoxy) is 1. The van der Waals surface area contributed by atoms with Crippen molar-refractivity contribution in [2.45, 2.75) is 30.0 Å². The van der Waals surface area contributed by atoms with Crippen LogP contribution < -0.4 is 14.4 Å². The number of anilines is 1. The van der Waals surface area contributed by atoms with Gasteiger partial charge < -0.3 is 15.2 Å². The number of carbonyl (C=O) groups is 2. The van der Waals surface area contributed by atoms with Crippen molar-refractivity contribution in [1.29, 1.82) is 0 Å². The highest BCUT2D eigenvalue weighted by Gasteiger charge is 2.43. The Labute approximate surface area is 255 Å². The van der Waals surface area contributed by atoms with Crippen LogP contribution >= 0.6 is 0 Å². The van der Waals surface area contributed by atoms with Crippen LogP contribution in [0.5, 0.6) is 5.75 Å². The van der Waals surface area contributed by atoms with Gasteiger partial charge in [-0.05, 0) is 64.7 Å². The first-order chi connectivity index (χ1) is 21.3. The summed E-state index contributed by atoms with van der Waals surface area (Å²) in [6, 6.07) is 18.4.